The van der Waals surface area contributed by atoms with Gasteiger partial charge in [-0.1, -0.05) is 25.3 Å². The Balaban J connectivity index is 2.16. The van der Waals surface area contributed by atoms with Gasteiger partial charge in [0.1, 0.15) is 5.75 Å². The standard InChI is InChI=1S/C15H18N4O3S/c1-15(2,3)14(21)17-10-6-5-9(7-12(10)22-4)16-13(20)11-8-23-19-18-11/h5-8H,1-4H3,(H,16,20)(H,17,21). The molecule has 23 heavy (non-hydrogen) atoms. The lowest BCUT2D eigenvalue weighted by molar-refractivity contribution is -0.123. The molecule has 0 spiro atoms. The third kappa shape index (κ3) is 4.26. The molecule has 8 heteroatoms. The fourth-order valence-corrected chi connectivity index (χ4v) is 2.08. The summed E-state index contributed by atoms with van der Waals surface area (Å²) in [5.41, 5.74) is 0.809. The number of hydrogen-bond donors (Lipinski definition) is 2. The SMILES string of the molecule is COc1cc(NC(=O)c2csnn2)ccc1NC(=O)C(C)(C)C. The number of nitrogens with one attached hydrogen (secondary N) is 2. The van der Waals surface area contributed by atoms with Gasteiger partial charge in [0.05, 0.1) is 12.8 Å². The van der Waals surface area contributed by atoms with Crippen LogP contribution >= 0.6 is 11.5 Å². The van der Waals surface area contributed by atoms with E-state index in [-0.39, 0.29) is 17.5 Å². The maximum Gasteiger partial charge on any atom is 0.277 e. The Kier molecular flexibility index (Phi) is 4.95. The van der Waals surface area contributed by atoms with Crippen molar-refractivity contribution in [3.8, 4) is 5.75 Å². The summed E-state index contributed by atoms with van der Waals surface area (Å²) in [6, 6.07) is 4.99. The average molecular weight is 334 g/mol. The molecule has 2 rings (SSSR count). The fraction of sp³-hybridized carbons (Fsp3) is 0.333. The van der Waals surface area contributed by atoms with Crippen molar-refractivity contribution in [3.05, 3.63) is 29.3 Å². The second-order valence-electron chi connectivity index (χ2n) is 5.86. The average Bonchev–Trinajstić information content (AvgIpc) is 3.02. The normalized spacial score (nSPS) is 11.0. The lowest BCUT2D eigenvalue weighted by atomic mass is 9.95. The number of hydrogen-bond acceptors (Lipinski definition) is 6. The van der Waals surface area contributed by atoms with Crippen LogP contribution < -0.4 is 15.4 Å². The number of ether oxygens (including phenoxy) is 1. The van der Waals surface area contributed by atoms with Crippen LogP contribution in [0.3, 0.4) is 0 Å². The number of carbonyl (C=O) groups excluding carboxylic acids is 2. The quantitative estimate of drug-likeness (QED) is 0.897. The second kappa shape index (κ2) is 6.74. The molecule has 0 saturated heterocycles. The molecule has 2 amide bonds. The van der Waals surface area contributed by atoms with E-state index in [0.717, 1.165) is 11.5 Å². The van der Waals surface area contributed by atoms with Crippen LogP contribution in [0.1, 0.15) is 31.3 Å². The molecule has 0 radical (unpaired) electrons. The lowest BCUT2D eigenvalue weighted by Gasteiger charge is -2.19. The summed E-state index contributed by atoms with van der Waals surface area (Å²) in [7, 11) is 1.50. The van der Waals surface area contributed by atoms with Crippen LogP contribution in [0.4, 0.5) is 11.4 Å². The molecule has 122 valence electrons. The number of carbonyl (C=O) groups is 2. The summed E-state index contributed by atoms with van der Waals surface area (Å²) in [5, 5.41) is 10.8. The zero-order valence-corrected chi connectivity index (χ0v) is 14.2. The van der Waals surface area contributed by atoms with E-state index in [4.69, 9.17) is 4.74 Å². The largest absolute Gasteiger partial charge is 0.494 e. The van der Waals surface area contributed by atoms with Gasteiger partial charge in [-0.15, -0.1) is 5.10 Å². The Morgan fingerprint density at radius 2 is 1.96 bits per heavy atom. The van der Waals surface area contributed by atoms with Crippen LogP contribution in [0.2, 0.25) is 0 Å². The van der Waals surface area contributed by atoms with Crippen molar-refractivity contribution in [1.82, 2.24) is 9.59 Å². The van der Waals surface area contributed by atoms with E-state index in [1.165, 1.54) is 7.11 Å². The zero-order chi connectivity index (χ0) is 17.0. The highest BCUT2D eigenvalue weighted by Gasteiger charge is 2.22. The molecule has 0 aliphatic heterocycles. The third-order valence-electron chi connectivity index (χ3n) is 2.98. The molecule has 7 nitrogen and oxygen atoms in total. The number of aromatic nitrogens is 2. The molecule has 0 aliphatic carbocycles. The summed E-state index contributed by atoms with van der Waals surface area (Å²) >= 11 is 1.10. The Morgan fingerprint density at radius 1 is 1.22 bits per heavy atom. The van der Waals surface area contributed by atoms with Crippen molar-refractivity contribution in [2.75, 3.05) is 17.7 Å². The molecular weight excluding hydrogens is 316 g/mol. The van der Waals surface area contributed by atoms with Crippen LogP contribution in [-0.4, -0.2) is 28.5 Å². The van der Waals surface area contributed by atoms with Crippen molar-refractivity contribution in [2.45, 2.75) is 20.8 Å². The summed E-state index contributed by atoms with van der Waals surface area (Å²) in [6.45, 7) is 5.47. The van der Waals surface area contributed by atoms with Crippen LogP contribution in [-0.2, 0) is 4.79 Å². The molecule has 0 unspecified atom stereocenters. The highest BCUT2D eigenvalue weighted by Crippen LogP contribution is 2.29. The van der Waals surface area contributed by atoms with E-state index < -0.39 is 5.41 Å². The molecule has 0 saturated carbocycles. The molecule has 0 aliphatic rings. The smallest absolute Gasteiger partial charge is 0.277 e. The molecule has 1 heterocycles. The van der Waals surface area contributed by atoms with Gasteiger partial charge in [-0.05, 0) is 23.7 Å². The second-order valence-corrected chi connectivity index (χ2v) is 6.47. The van der Waals surface area contributed by atoms with Gasteiger partial charge in [0.25, 0.3) is 5.91 Å². The molecule has 0 atom stereocenters. The van der Waals surface area contributed by atoms with Crippen molar-refractivity contribution in [3.63, 3.8) is 0 Å². The Bertz CT molecular complexity index is 708. The molecule has 0 fully saturated rings. The molecule has 1 aromatic carbocycles. The molecule has 0 bridgehead atoms. The summed E-state index contributed by atoms with van der Waals surface area (Å²) in [6.07, 6.45) is 0. The first-order valence-electron chi connectivity index (χ1n) is 6.89. The van der Waals surface area contributed by atoms with Crippen LogP contribution in [0, 0.1) is 5.41 Å². The number of rotatable bonds is 4. The van der Waals surface area contributed by atoms with Crippen LogP contribution in [0.5, 0.6) is 5.75 Å². The van der Waals surface area contributed by atoms with E-state index >= 15 is 0 Å². The predicted octanol–water partition coefficient (Wildman–Crippen LogP) is 2.78. The van der Waals surface area contributed by atoms with Crippen LogP contribution in [0.15, 0.2) is 23.6 Å². The van der Waals surface area contributed by atoms with Gasteiger partial charge in [0, 0.05) is 22.5 Å². The van der Waals surface area contributed by atoms with Gasteiger partial charge in [-0.2, -0.15) is 0 Å². The summed E-state index contributed by atoms with van der Waals surface area (Å²) in [5.74, 6) is -0.0229. The van der Waals surface area contributed by atoms with Crippen molar-refractivity contribution < 1.29 is 14.3 Å². The van der Waals surface area contributed by atoms with E-state index in [9.17, 15) is 9.59 Å². The minimum absolute atomic E-state index is 0.124. The maximum absolute atomic E-state index is 12.1. The number of nitrogens with zero attached hydrogens (tertiary/aromatic N) is 2. The zero-order valence-electron chi connectivity index (χ0n) is 13.3. The molecule has 1 aromatic heterocycles. The number of benzene rings is 1. The van der Waals surface area contributed by atoms with Crippen molar-refractivity contribution in [2.24, 2.45) is 5.41 Å². The van der Waals surface area contributed by atoms with E-state index in [2.05, 4.69) is 20.2 Å². The minimum atomic E-state index is -0.518. The Labute approximate surface area is 138 Å². The number of methoxy groups -OCH3 is 1. The van der Waals surface area contributed by atoms with Gasteiger partial charge >= 0.3 is 0 Å². The van der Waals surface area contributed by atoms with E-state index in [1.54, 1.807) is 23.6 Å². The maximum atomic E-state index is 12.1. The Hall–Kier alpha value is -2.48. The van der Waals surface area contributed by atoms with Crippen molar-refractivity contribution in [1.29, 1.82) is 0 Å². The monoisotopic (exact) mass is 334 g/mol. The van der Waals surface area contributed by atoms with E-state index in [0.29, 0.717) is 17.1 Å². The first-order valence-corrected chi connectivity index (χ1v) is 7.73. The molecule has 2 aromatic rings. The molecular formula is C15H18N4O3S. The minimum Gasteiger partial charge on any atom is -0.494 e. The lowest BCUT2D eigenvalue weighted by Crippen LogP contribution is -2.27. The highest BCUT2D eigenvalue weighted by molar-refractivity contribution is 7.03. The van der Waals surface area contributed by atoms with Gasteiger partial charge in [-0.3, -0.25) is 9.59 Å². The first kappa shape index (κ1) is 16.9. The van der Waals surface area contributed by atoms with Gasteiger partial charge in [0.15, 0.2) is 5.69 Å². The number of anilines is 2. The Morgan fingerprint density at radius 3 is 2.52 bits per heavy atom. The van der Waals surface area contributed by atoms with Gasteiger partial charge in [0.2, 0.25) is 5.91 Å². The summed E-state index contributed by atoms with van der Waals surface area (Å²) in [4.78, 5) is 24.0. The predicted molar refractivity (Wildman–Crippen MR) is 88.9 cm³/mol. The summed E-state index contributed by atoms with van der Waals surface area (Å²) < 4.78 is 8.93. The van der Waals surface area contributed by atoms with Gasteiger partial charge in [-0.25, -0.2) is 0 Å². The molecule has 2 N–H and O–H groups in total. The topological polar surface area (TPSA) is 93.2 Å². The highest BCUT2D eigenvalue weighted by atomic mass is 32.1. The number of amides is 2. The fourth-order valence-electron chi connectivity index (χ4n) is 1.64. The third-order valence-corrected chi connectivity index (χ3v) is 3.49. The first-order chi connectivity index (χ1) is 10.8. The van der Waals surface area contributed by atoms with E-state index in [1.807, 2.05) is 20.8 Å². The van der Waals surface area contributed by atoms with Crippen LogP contribution in [0.25, 0.3) is 0 Å². The van der Waals surface area contributed by atoms with Crippen molar-refractivity contribution >= 4 is 34.7 Å². The van der Waals surface area contributed by atoms with Gasteiger partial charge < -0.3 is 15.4 Å².